The molecule has 0 unspecified atom stereocenters. The van der Waals surface area contributed by atoms with Crippen molar-refractivity contribution in [1.82, 2.24) is 9.97 Å². The molecule has 0 aliphatic carbocycles. The van der Waals surface area contributed by atoms with Crippen LogP contribution < -0.4 is 5.56 Å². The average molecular weight is 311 g/mol. The number of nitrogens with one attached hydrogen (secondary N) is 1. The molecule has 2 aromatic rings. The predicted octanol–water partition coefficient (Wildman–Crippen LogP) is 3.05. The van der Waals surface area contributed by atoms with Crippen LogP contribution >= 0.6 is 11.8 Å². The first-order valence-corrected chi connectivity index (χ1v) is 6.85. The Morgan fingerprint density at radius 2 is 1.90 bits per heavy atom. The summed E-state index contributed by atoms with van der Waals surface area (Å²) in [7, 11) is 0. The zero-order valence-electron chi connectivity index (χ0n) is 10.7. The van der Waals surface area contributed by atoms with Crippen molar-refractivity contribution in [2.24, 2.45) is 0 Å². The highest BCUT2D eigenvalue weighted by Gasteiger charge is 2.30. The molecular weight excluding hydrogens is 303 g/mol. The van der Waals surface area contributed by atoms with Crippen molar-refractivity contribution in [2.75, 3.05) is 6.26 Å². The minimum atomic E-state index is -4.44. The Hall–Kier alpha value is -2.27. The van der Waals surface area contributed by atoms with Crippen LogP contribution in [0, 0.1) is 11.3 Å². The largest absolute Gasteiger partial charge is 0.416 e. The summed E-state index contributed by atoms with van der Waals surface area (Å²) in [5, 5.41) is 9.30. The van der Waals surface area contributed by atoms with E-state index >= 15 is 0 Å². The summed E-state index contributed by atoms with van der Waals surface area (Å²) in [6.07, 6.45) is -2.76. The van der Waals surface area contributed by atoms with Crippen LogP contribution in [-0.2, 0) is 6.18 Å². The van der Waals surface area contributed by atoms with E-state index in [4.69, 9.17) is 5.26 Å². The summed E-state index contributed by atoms with van der Waals surface area (Å²) < 4.78 is 37.6. The number of benzene rings is 1. The smallest absolute Gasteiger partial charge is 0.300 e. The normalized spacial score (nSPS) is 11.2. The molecule has 1 heterocycles. The Morgan fingerprint density at radius 3 is 2.38 bits per heavy atom. The summed E-state index contributed by atoms with van der Waals surface area (Å²) in [5.74, 6) is 0. The zero-order valence-corrected chi connectivity index (χ0v) is 11.5. The Labute approximate surface area is 121 Å². The van der Waals surface area contributed by atoms with E-state index in [1.54, 1.807) is 12.3 Å². The lowest BCUT2D eigenvalue weighted by Gasteiger charge is -2.08. The van der Waals surface area contributed by atoms with Crippen LogP contribution in [0.1, 0.15) is 11.1 Å². The van der Waals surface area contributed by atoms with Gasteiger partial charge in [0.15, 0.2) is 5.16 Å². The van der Waals surface area contributed by atoms with E-state index in [1.165, 1.54) is 12.1 Å². The fourth-order valence-corrected chi connectivity index (χ4v) is 2.06. The monoisotopic (exact) mass is 311 g/mol. The molecule has 0 fully saturated rings. The molecule has 108 valence electrons. The zero-order chi connectivity index (χ0) is 15.6. The SMILES string of the molecule is CSc1nc(-c2ccc(C(F)(F)F)cc2)c(C#N)c(=O)[nH]1. The fraction of sp³-hybridized carbons (Fsp3) is 0.154. The molecule has 1 aromatic carbocycles. The maximum atomic E-state index is 12.5. The topological polar surface area (TPSA) is 69.5 Å². The van der Waals surface area contributed by atoms with E-state index in [1.807, 2.05) is 0 Å². The lowest BCUT2D eigenvalue weighted by molar-refractivity contribution is -0.137. The first kappa shape index (κ1) is 15.1. The number of rotatable bonds is 2. The van der Waals surface area contributed by atoms with Crippen molar-refractivity contribution in [1.29, 1.82) is 5.26 Å². The second-order valence-corrected chi connectivity index (χ2v) is 4.78. The van der Waals surface area contributed by atoms with Crippen molar-refractivity contribution >= 4 is 11.8 Å². The summed E-state index contributed by atoms with van der Waals surface area (Å²) in [6, 6.07) is 5.87. The van der Waals surface area contributed by atoms with Crippen LogP contribution in [0.3, 0.4) is 0 Å². The molecule has 0 spiro atoms. The van der Waals surface area contributed by atoms with Crippen LogP contribution in [0.4, 0.5) is 13.2 Å². The van der Waals surface area contributed by atoms with Gasteiger partial charge in [-0.05, 0) is 18.4 Å². The summed E-state index contributed by atoms with van der Waals surface area (Å²) in [6.45, 7) is 0. The maximum Gasteiger partial charge on any atom is 0.416 e. The number of nitriles is 1. The molecule has 0 atom stereocenters. The number of aromatic amines is 1. The van der Waals surface area contributed by atoms with E-state index in [2.05, 4.69) is 9.97 Å². The molecular formula is C13H8F3N3OS. The minimum absolute atomic E-state index is 0.0688. The lowest BCUT2D eigenvalue weighted by atomic mass is 10.1. The summed E-state index contributed by atoms with van der Waals surface area (Å²) in [4.78, 5) is 18.2. The molecule has 0 aliphatic rings. The van der Waals surface area contributed by atoms with Crippen molar-refractivity contribution in [3.05, 3.63) is 45.7 Å². The molecule has 0 amide bonds. The van der Waals surface area contributed by atoms with Gasteiger partial charge in [-0.1, -0.05) is 23.9 Å². The van der Waals surface area contributed by atoms with Crippen molar-refractivity contribution < 1.29 is 13.2 Å². The second-order valence-electron chi connectivity index (χ2n) is 3.99. The molecule has 0 aliphatic heterocycles. The number of hydrogen-bond acceptors (Lipinski definition) is 4. The molecule has 8 heteroatoms. The molecule has 21 heavy (non-hydrogen) atoms. The number of halogens is 3. The van der Waals surface area contributed by atoms with Gasteiger partial charge in [-0.2, -0.15) is 18.4 Å². The Kier molecular flexibility index (Phi) is 4.04. The molecule has 1 aromatic heterocycles. The van der Waals surface area contributed by atoms with Crippen LogP contribution in [0.25, 0.3) is 11.3 Å². The molecule has 0 saturated carbocycles. The molecule has 1 N–H and O–H groups in total. The highest BCUT2D eigenvalue weighted by molar-refractivity contribution is 7.98. The Morgan fingerprint density at radius 1 is 1.29 bits per heavy atom. The summed E-state index contributed by atoms with van der Waals surface area (Å²) in [5.41, 5.74) is -1.31. The van der Waals surface area contributed by atoms with Gasteiger partial charge in [-0.3, -0.25) is 4.79 Å². The Balaban J connectivity index is 2.59. The molecule has 0 bridgehead atoms. The van der Waals surface area contributed by atoms with Gasteiger partial charge in [0.1, 0.15) is 11.6 Å². The van der Waals surface area contributed by atoms with E-state index in [-0.39, 0.29) is 22.0 Å². The minimum Gasteiger partial charge on any atom is -0.300 e. The molecule has 0 radical (unpaired) electrons. The van der Waals surface area contributed by atoms with Gasteiger partial charge >= 0.3 is 6.18 Å². The first-order valence-electron chi connectivity index (χ1n) is 5.63. The van der Waals surface area contributed by atoms with Gasteiger partial charge in [0.2, 0.25) is 0 Å². The van der Waals surface area contributed by atoms with Crippen LogP contribution in [0.2, 0.25) is 0 Å². The molecule has 4 nitrogen and oxygen atoms in total. The predicted molar refractivity (Wildman–Crippen MR) is 71.8 cm³/mol. The highest BCUT2D eigenvalue weighted by Crippen LogP contribution is 2.31. The van der Waals surface area contributed by atoms with Crippen LogP contribution in [0.5, 0.6) is 0 Å². The fourth-order valence-electron chi connectivity index (χ4n) is 1.68. The second kappa shape index (κ2) is 5.61. The average Bonchev–Trinajstić information content (AvgIpc) is 2.45. The van der Waals surface area contributed by atoms with E-state index in [0.717, 1.165) is 23.9 Å². The Bertz CT molecular complexity index is 760. The van der Waals surface area contributed by atoms with Crippen molar-refractivity contribution in [2.45, 2.75) is 11.3 Å². The number of H-pyrrole nitrogens is 1. The third-order valence-corrected chi connectivity index (χ3v) is 3.27. The lowest BCUT2D eigenvalue weighted by Crippen LogP contribution is -2.14. The van der Waals surface area contributed by atoms with E-state index in [9.17, 15) is 18.0 Å². The third-order valence-electron chi connectivity index (χ3n) is 2.69. The van der Waals surface area contributed by atoms with Crippen molar-refractivity contribution in [3.8, 4) is 17.3 Å². The van der Waals surface area contributed by atoms with Crippen LogP contribution in [-0.4, -0.2) is 16.2 Å². The number of thioether (sulfide) groups is 1. The van der Waals surface area contributed by atoms with Gasteiger partial charge in [0, 0.05) is 5.56 Å². The van der Waals surface area contributed by atoms with Crippen LogP contribution in [0.15, 0.2) is 34.2 Å². The maximum absolute atomic E-state index is 12.5. The van der Waals surface area contributed by atoms with Gasteiger partial charge in [-0.25, -0.2) is 4.98 Å². The third kappa shape index (κ3) is 3.08. The number of nitrogens with zero attached hydrogens (tertiary/aromatic N) is 2. The number of alkyl halides is 3. The van der Waals surface area contributed by atoms with E-state index in [0.29, 0.717) is 0 Å². The van der Waals surface area contributed by atoms with Crippen molar-refractivity contribution in [3.63, 3.8) is 0 Å². The molecule has 2 rings (SSSR count). The molecule has 0 saturated heterocycles. The number of aromatic nitrogens is 2. The standard InChI is InChI=1S/C13H8F3N3OS/c1-21-12-18-10(9(6-17)11(20)19-12)7-2-4-8(5-3-7)13(14,15)16/h2-5H,1H3,(H,18,19,20). The summed E-state index contributed by atoms with van der Waals surface area (Å²) >= 11 is 1.16. The first-order chi connectivity index (χ1) is 9.86. The van der Waals surface area contributed by atoms with Gasteiger partial charge in [-0.15, -0.1) is 0 Å². The highest BCUT2D eigenvalue weighted by atomic mass is 32.2. The van der Waals surface area contributed by atoms with Gasteiger partial charge in [0.25, 0.3) is 5.56 Å². The van der Waals surface area contributed by atoms with Gasteiger partial charge in [0.05, 0.1) is 11.3 Å². The quantitative estimate of drug-likeness (QED) is 0.683. The van der Waals surface area contributed by atoms with Gasteiger partial charge < -0.3 is 4.98 Å². The number of hydrogen-bond donors (Lipinski definition) is 1. The van der Waals surface area contributed by atoms with E-state index < -0.39 is 17.3 Å².